The fraction of sp³-hybridized carbons (Fsp3) is 0.400. The van der Waals surface area contributed by atoms with Crippen LogP contribution in [0.2, 0.25) is 0 Å². The molecule has 18 heavy (non-hydrogen) atoms. The fourth-order valence-corrected chi connectivity index (χ4v) is 1.48. The van der Waals surface area contributed by atoms with Crippen LogP contribution >= 0.6 is 11.6 Å². The van der Waals surface area contributed by atoms with Crippen LogP contribution in [0.4, 0.5) is 18.9 Å². The third kappa shape index (κ3) is 4.40. The molecule has 0 aromatic heterocycles. The van der Waals surface area contributed by atoms with Gasteiger partial charge in [0, 0.05) is 11.9 Å². The van der Waals surface area contributed by atoms with Crippen LogP contribution in [0.1, 0.15) is 12.0 Å². The van der Waals surface area contributed by atoms with Crippen LogP contribution < -0.4 is 4.74 Å². The Labute approximate surface area is 105 Å². The van der Waals surface area contributed by atoms with Gasteiger partial charge in [-0.25, -0.2) is 0 Å². The molecule has 0 fully saturated rings. The molecule has 0 aliphatic rings. The molecule has 0 unspecified atom stereocenters. The van der Waals surface area contributed by atoms with E-state index in [1.165, 1.54) is 6.07 Å². The molecule has 8 heteroatoms. The van der Waals surface area contributed by atoms with E-state index in [0.29, 0.717) is 24.3 Å². The minimum absolute atomic E-state index is 0.370. The number of nitrogens with zero attached hydrogens (tertiary/aromatic N) is 1. The number of alkyl halides is 4. The Kier molecular flexibility index (Phi) is 4.77. The topological polar surface area (TPSA) is 52.4 Å². The highest BCUT2D eigenvalue weighted by molar-refractivity contribution is 6.17. The molecule has 0 saturated heterocycles. The van der Waals surface area contributed by atoms with Crippen molar-refractivity contribution in [1.29, 1.82) is 0 Å². The number of hydrogen-bond acceptors (Lipinski definition) is 3. The Morgan fingerprint density at radius 1 is 1.39 bits per heavy atom. The van der Waals surface area contributed by atoms with Crippen molar-refractivity contribution in [1.82, 2.24) is 0 Å². The molecule has 0 heterocycles. The lowest BCUT2D eigenvalue weighted by Gasteiger charge is -2.09. The summed E-state index contributed by atoms with van der Waals surface area (Å²) in [7, 11) is 0. The maximum atomic E-state index is 12.0. The lowest BCUT2D eigenvalue weighted by atomic mass is 10.1. The molecular formula is C10H9ClF3NO3. The van der Waals surface area contributed by atoms with Crippen molar-refractivity contribution in [3.63, 3.8) is 0 Å². The van der Waals surface area contributed by atoms with Crippen LogP contribution in [-0.4, -0.2) is 17.2 Å². The molecule has 0 N–H and O–H groups in total. The van der Waals surface area contributed by atoms with Crippen LogP contribution in [0.15, 0.2) is 18.2 Å². The Balaban J connectivity index is 3.01. The Hall–Kier alpha value is -1.50. The molecule has 0 radical (unpaired) electrons. The third-order valence-corrected chi connectivity index (χ3v) is 2.31. The number of halogens is 4. The average Bonchev–Trinajstić information content (AvgIpc) is 2.25. The summed E-state index contributed by atoms with van der Waals surface area (Å²) >= 11 is 5.46. The zero-order valence-electron chi connectivity index (χ0n) is 9.04. The summed E-state index contributed by atoms with van der Waals surface area (Å²) in [5.41, 5.74) is -0.170. The maximum absolute atomic E-state index is 12.0. The molecular weight excluding hydrogens is 275 g/mol. The van der Waals surface area contributed by atoms with Gasteiger partial charge in [0.2, 0.25) is 5.75 Å². The average molecular weight is 284 g/mol. The normalized spacial score (nSPS) is 11.3. The van der Waals surface area contributed by atoms with Crippen molar-refractivity contribution in [3.8, 4) is 5.75 Å². The van der Waals surface area contributed by atoms with Gasteiger partial charge in [0.15, 0.2) is 0 Å². The van der Waals surface area contributed by atoms with E-state index in [2.05, 4.69) is 4.74 Å². The van der Waals surface area contributed by atoms with Gasteiger partial charge in [-0.3, -0.25) is 10.1 Å². The van der Waals surface area contributed by atoms with E-state index in [4.69, 9.17) is 11.6 Å². The predicted octanol–water partition coefficient (Wildman–Crippen LogP) is 3.66. The number of nitro groups is 1. The molecule has 0 saturated carbocycles. The highest BCUT2D eigenvalue weighted by atomic mass is 35.5. The summed E-state index contributed by atoms with van der Waals surface area (Å²) in [4.78, 5) is 9.75. The van der Waals surface area contributed by atoms with E-state index in [9.17, 15) is 23.3 Å². The van der Waals surface area contributed by atoms with Gasteiger partial charge in [-0.1, -0.05) is 6.07 Å². The molecule has 0 spiro atoms. The summed E-state index contributed by atoms with van der Waals surface area (Å²) < 4.78 is 39.7. The number of aryl methyl sites for hydroxylation is 1. The summed E-state index contributed by atoms with van der Waals surface area (Å²) in [5.74, 6) is -0.448. The van der Waals surface area contributed by atoms with E-state index in [0.717, 1.165) is 12.1 Å². The van der Waals surface area contributed by atoms with Crippen LogP contribution in [0.5, 0.6) is 5.75 Å². The minimum Gasteiger partial charge on any atom is -0.398 e. The lowest BCUT2D eigenvalue weighted by molar-refractivity contribution is -0.388. The lowest BCUT2D eigenvalue weighted by Crippen LogP contribution is -2.18. The number of nitro benzene ring substituents is 1. The number of benzene rings is 1. The summed E-state index contributed by atoms with van der Waals surface area (Å²) in [6.45, 7) is 0. The Morgan fingerprint density at radius 3 is 2.56 bits per heavy atom. The number of hydrogen-bond donors (Lipinski definition) is 0. The second kappa shape index (κ2) is 5.90. The monoisotopic (exact) mass is 283 g/mol. The smallest absolute Gasteiger partial charge is 0.398 e. The molecule has 0 atom stereocenters. The van der Waals surface area contributed by atoms with Gasteiger partial charge >= 0.3 is 12.0 Å². The number of rotatable bonds is 5. The van der Waals surface area contributed by atoms with Gasteiger partial charge in [-0.05, 0) is 24.5 Å². The quantitative estimate of drug-likeness (QED) is 0.471. The van der Waals surface area contributed by atoms with Crippen LogP contribution in [0, 0.1) is 10.1 Å². The standard InChI is InChI=1S/C10H9ClF3NO3/c11-5-1-2-7-3-4-9(18-10(12,13)14)8(6-7)15(16)17/h3-4,6H,1-2,5H2. The first-order valence-electron chi connectivity index (χ1n) is 4.92. The third-order valence-electron chi connectivity index (χ3n) is 2.04. The van der Waals surface area contributed by atoms with Crippen LogP contribution in [0.25, 0.3) is 0 Å². The molecule has 0 bridgehead atoms. The van der Waals surface area contributed by atoms with Gasteiger partial charge in [-0.15, -0.1) is 24.8 Å². The van der Waals surface area contributed by atoms with Crippen LogP contribution in [0.3, 0.4) is 0 Å². The first-order chi connectivity index (χ1) is 8.33. The van der Waals surface area contributed by atoms with Crippen molar-refractivity contribution in [2.24, 2.45) is 0 Å². The first-order valence-corrected chi connectivity index (χ1v) is 5.46. The van der Waals surface area contributed by atoms with E-state index < -0.39 is 22.7 Å². The zero-order chi connectivity index (χ0) is 13.8. The SMILES string of the molecule is O=[N+]([O-])c1cc(CCCCl)ccc1OC(F)(F)F. The van der Waals surface area contributed by atoms with E-state index in [1.807, 2.05) is 0 Å². The van der Waals surface area contributed by atoms with Crippen molar-refractivity contribution in [2.75, 3.05) is 5.88 Å². The predicted molar refractivity (Wildman–Crippen MR) is 58.8 cm³/mol. The van der Waals surface area contributed by atoms with Gasteiger partial charge in [-0.2, -0.15) is 0 Å². The molecule has 1 aromatic rings. The van der Waals surface area contributed by atoms with Crippen LogP contribution in [-0.2, 0) is 6.42 Å². The summed E-state index contributed by atoms with van der Waals surface area (Å²) in [6, 6.07) is 3.35. The zero-order valence-corrected chi connectivity index (χ0v) is 9.79. The van der Waals surface area contributed by atoms with E-state index in [-0.39, 0.29) is 0 Å². The van der Waals surface area contributed by atoms with Crippen molar-refractivity contribution in [3.05, 3.63) is 33.9 Å². The van der Waals surface area contributed by atoms with Crippen molar-refractivity contribution in [2.45, 2.75) is 19.2 Å². The first kappa shape index (κ1) is 14.6. The van der Waals surface area contributed by atoms with Gasteiger partial charge in [0.05, 0.1) is 4.92 Å². The largest absolute Gasteiger partial charge is 0.573 e. The van der Waals surface area contributed by atoms with E-state index in [1.54, 1.807) is 0 Å². The highest BCUT2D eigenvalue weighted by Crippen LogP contribution is 2.32. The van der Waals surface area contributed by atoms with E-state index >= 15 is 0 Å². The Bertz CT molecular complexity index is 437. The van der Waals surface area contributed by atoms with Gasteiger partial charge < -0.3 is 4.74 Å². The van der Waals surface area contributed by atoms with Gasteiger partial charge in [0.25, 0.3) is 0 Å². The molecule has 0 aliphatic carbocycles. The molecule has 0 aliphatic heterocycles. The molecule has 1 aromatic carbocycles. The summed E-state index contributed by atoms with van der Waals surface area (Å²) in [6.07, 6.45) is -3.92. The molecule has 4 nitrogen and oxygen atoms in total. The second-order valence-corrected chi connectivity index (χ2v) is 3.78. The fourth-order valence-electron chi connectivity index (χ4n) is 1.34. The van der Waals surface area contributed by atoms with Crippen molar-refractivity contribution >= 4 is 17.3 Å². The highest BCUT2D eigenvalue weighted by Gasteiger charge is 2.34. The van der Waals surface area contributed by atoms with Gasteiger partial charge in [0.1, 0.15) is 0 Å². The minimum atomic E-state index is -4.96. The Morgan fingerprint density at radius 2 is 2.06 bits per heavy atom. The van der Waals surface area contributed by atoms with Crippen molar-refractivity contribution < 1.29 is 22.8 Å². The second-order valence-electron chi connectivity index (χ2n) is 3.40. The molecule has 0 amide bonds. The molecule has 100 valence electrons. The maximum Gasteiger partial charge on any atom is 0.573 e. The molecule has 1 rings (SSSR count). The summed E-state index contributed by atoms with van der Waals surface area (Å²) in [5, 5.41) is 10.7. The number of ether oxygens (including phenoxy) is 1.